The summed E-state index contributed by atoms with van der Waals surface area (Å²) in [6.07, 6.45) is 2.68. The van der Waals surface area contributed by atoms with Gasteiger partial charge in [-0.3, -0.25) is 4.99 Å². The van der Waals surface area contributed by atoms with Crippen molar-refractivity contribution in [3.63, 3.8) is 0 Å². The summed E-state index contributed by atoms with van der Waals surface area (Å²) in [5.74, 6) is 1.54. The van der Waals surface area contributed by atoms with Crippen molar-refractivity contribution in [1.82, 2.24) is 20.0 Å². The van der Waals surface area contributed by atoms with Crippen LogP contribution < -0.4 is 15.0 Å². The molecule has 176 valence electrons. The van der Waals surface area contributed by atoms with Gasteiger partial charge in [0.15, 0.2) is 5.96 Å². The summed E-state index contributed by atoms with van der Waals surface area (Å²) in [6, 6.07) is 16.5. The first-order valence-electron chi connectivity index (χ1n) is 10.8. The summed E-state index contributed by atoms with van der Waals surface area (Å²) in [5, 5.41) is 8.04. The van der Waals surface area contributed by atoms with E-state index in [4.69, 9.17) is 4.74 Å². The molecular formula is C24H30FIN6O. The van der Waals surface area contributed by atoms with E-state index >= 15 is 0 Å². The van der Waals surface area contributed by atoms with Crippen molar-refractivity contribution in [2.45, 2.75) is 6.42 Å². The van der Waals surface area contributed by atoms with Gasteiger partial charge >= 0.3 is 0 Å². The molecule has 1 aliphatic rings. The van der Waals surface area contributed by atoms with Crippen LogP contribution in [0, 0.1) is 5.82 Å². The third kappa shape index (κ3) is 6.37. The molecule has 9 heteroatoms. The Balaban J connectivity index is 0.00000306. The van der Waals surface area contributed by atoms with Crippen LogP contribution in [0.4, 0.5) is 10.1 Å². The lowest BCUT2D eigenvalue weighted by Crippen LogP contribution is -2.52. The van der Waals surface area contributed by atoms with Gasteiger partial charge in [-0.25, -0.2) is 9.07 Å². The average Bonchev–Trinajstić information content (AvgIpc) is 3.31. The predicted octanol–water partition coefficient (Wildman–Crippen LogP) is 3.58. The highest BCUT2D eigenvalue weighted by molar-refractivity contribution is 14.0. The molecule has 2 heterocycles. The zero-order valence-electron chi connectivity index (χ0n) is 18.9. The Kier molecular flexibility index (Phi) is 8.93. The van der Waals surface area contributed by atoms with E-state index in [2.05, 4.69) is 37.3 Å². The molecule has 0 saturated carbocycles. The van der Waals surface area contributed by atoms with Crippen LogP contribution in [0.2, 0.25) is 0 Å². The molecule has 4 rings (SSSR count). The maximum Gasteiger partial charge on any atom is 0.193 e. The maximum atomic E-state index is 13.1. The minimum absolute atomic E-state index is 0. The predicted molar refractivity (Wildman–Crippen MR) is 141 cm³/mol. The van der Waals surface area contributed by atoms with E-state index in [1.54, 1.807) is 23.9 Å². The number of nitrogens with zero attached hydrogens (tertiary/aromatic N) is 5. The molecule has 0 spiro atoms. The van der Waals surface area contributed by atoms with E-state index in [9.17, 15) is 4.39 Å². The number of anilines is 1. The molecule has 2 aromatic carbocycles. The number of aromatic nitrogens is 2. The van der Waals surface area contributed by atoms with Crippen LogP contribution in [-0.4, -0.2) is 67.5 Å². The van der Waals surface area contributed by atoms with Gasteiger partial charge in [0, 0.05) is 58.1 Å². The lowest BCUT2D eigenvalue weighted by molar-refractivity contribution is 0.372. The highest BCUT2D eigenvalue weighted by atomic mass is 127. The molecule has 0 unspecified atom stereocenters. The largest absolute Gasteiger partial charge is 0.497 e. The Labute approximate surface area is 211 Å². The summed E-state index contributed by atoms with van der Waals surface area (Å²) in [5.41, 5.74) is 3.03. The number of nitrogens with one attached hydrogen (secondary N) is 1. The fraction of sp³-hybridized carbons (Fsp3) is 0.333. The highest BCUT2D eigenvalue weighted by Crippen LogP contribution is 2.20. The van der Waals surface area contributed by atoms with Crippen molar-refractivity contribution in [3.05, 3.63) is 72.3 Å². The maximum absolute atomic E-state index is 13.1. The van der Waals surface area contributed by atoms with Crippen molar-refractivity contribution in [1.29, 1.82) is 0 Å². The minimum atomic E-state index is -0.249. The second-order valence-corrected chi connectivity index (χ2v) is 7.62. The smallest absolute Gasteiger partial charge is 0.193 e. The third-order valence-corrected chi connectivity index (χ3v) is 5.63. The van der Waals surface area contributed by atoms with Gasteiger partial charge < -0.3 is 19.9 Å². The van der Waals surface area contributed by atoms with Gasteiger partial charge in [-0.05, 0) is 54.6 Å². The first-order chi connectivity index (χ1) is 15.7. The van der Waals surface area contributed by atoms with Crippen LogP contribution in [-0.2, 0) is 6.42 Å². The number of methoxy groups -OCH3 is 1. The molecule has 0 amide bonds. The fourth-order valence-corrected chi connectivity index (χ4v) is 3.84. The Hall–Kier alpha value is -2.82. The Bertz CT molecular complexity index is 1030. The molecule has 0 aliphatic carbocycles. The summed E-state index contributed by atoms with van der Waals surface area (Å²) >= 11 is 0. The van der Waals surface area contributed by atoms with Crippen molar-refractivity contribution in [3.8, 4) is 11.4 Å². The zero-order chi connectivity index (χ0) is 22.3. The van der Waals surface area contributed by atoms with Crippen LogP contribution in [0.1, 0.15) is 5.69 Å². The van der Waals surface area contributed by atoms with E-state index in [1.165, 1.54) is 17.8 Å². The SMILES string of the molecule is CN=C(NCCc1ccn(-c2ccc(F)cc2)n1)N1CCN(c2ccc(OC)cc2)CC1.I. The molecule has 33 heavy (non-hydrogen) atoms. The van der Waals surface area contributed by atoms with Gasteiger partial charge in [0.2, 0.25) is 0 Å². The van der Waals surface area contributed by atoms with E-state index in [0.29, 0.717) is 0 Å². The van der Waals surface area contributed by atoms with Crippen molar-refractivity contribution in [2.75, 3.05) is 51.8 Å². The number of benzene rings is 2. The molecule has 1 aliphatic heterocycles. The molecule has 1 aromatic heterocycles. The lowest BCUT2D eigenvalue weighted by atomic mass is 10.2. The minimum Gasteiger partial charge on any atom is -0.497 e. The number of ether oxygens (including phenoxy) is 1. The number of hydrogen-bond acceptors (Lipinski definition) is 4. The third-order valence-electron chi connectivity index (χ3n) is 5.63. The molecule has 1 N–H and O–H groups in total. The van der Waals surface area contributed by atoms with Gasteiger partial charge in [0.25, 0.3) is 0 Å². The number of piperazine rings is 1. The number of guanidine groups is 1. The molecule has 1 saturated heterocycles. The Morgan fingerprint density at radius 3 is 2.30 bits per heavy atom. The van der Waals surface area contributed by atoms with Gasteiger partial charge in [0.1, 0.15) is 11.6 Å². The van der Waals surface area contributed by atoms with Crippen LogP contribution in [0.5, 0.6) is 5.75 Å². The average molecular weight is 564 g/mol. The van der Waals surface area contributed by atoms with Gasteiger partial charge in [-0.1, -0.05) is 0 Å². The molecule has 0 bridgehead atoms. The van der Waals surface area contributed by atoms with Crippen molar-refractivity contribution < 1.29 is 9.13 Å². The van der Waals surface area contributed by atoms with Crippen LogP contribution in [0.3, 0.4) is 0 Å². The monoisotopic (exact) mass is 564 g/mol. The quantitative estimate of drug-likeness (QED) is 0.282. The zero-order valence-corrected chi connectivity index (χ0v) is 21.3. The summed E-state index contributed by atoms with van der Waals surface area (Å²) in [4.78, 5) is 9.13. The number of halogens is 2. The molecule has 0 atom stereocenters. The highest BCUT2D eigenvalue weighted by Gasteiger charge is 2.19. The molecule has 0 radical (unpaired) electrons. The van der Waals surface area contributed by atoms with E-state index in [0.717, 1.165) is 62.2 Å². The van der Waals surface area contributed by atoms with E-state index in [-0.39, 0.29) is 29.8 Å². The van der Waals surface area contributed by atoms with E-state index in [1.807, 2.05) is 31.4 Å². The second-order valence-electron chi connectivity index (χ2n) is 7.62. The van der Waals surface area contributed by atoms with Gasteiger partial charge in [-0.2, -0.15) is 5.10 Å². The topological polar surface area (TPSA) is 57.9 Å². The standard InChI is InChI=1S/C24H29FN6O.HI/c1-26-24(30-17-15-29(16-18-30)21-7-9-23(32-2)10-8-21)27-13-11-20-12-14-31(28-20)22-5-3-19(25)4-6-22;/h3-10,12,14H,11,13,15-18H2,1-2H3,(H,26,27);1H. The lowest BCUT2D eigenvalue weighted by Gasteiger charge is -2.37. The first-order valence-corrected chi connectivity index (χ1v) is 10.8. The molecule has 3 aromatic rings. The number of hydrogen-bond donors (Lipinski definition) is 1. The summed E-state index contributed by atoms with van der Waals surface area (Å²) < 4.78 is 20.1. The van der Waals surface area contributed by atoms with Crippen molar-refractivity contribution >= 4 is 35.6 Å². The normalized spacial score (nSPS) is 14.1. The fourth-order valence-electron chi connectivity index (χ4n) is 3.84. The van der Waals surface area contributed by atoms with Gasteiger partial charge in [-0.15, -0.1) is 24.0 Å². The first kappa shape index (κ1) is 24.8. The van der Waals surface area contributed by atoms with Gasteiger partial charge in [0.05, 0.1) is 18.5 Å². The number of aliphatic imine (C=N–C) groups is 1. The second kappa shape index (κ2) is 11.9. The molecule has 1 fully saturated rings. The Morgan fingerprint density at radius 1 is 1.00 bits per heavy atom. The van der Waals surface area contributed by atoms with E-state index < -0.39 is 0 Å². The molecule has 7 nitrogen and oxygen atoms in total. The van der Waals surface area contributed by atoms with Crippen LogP contribution in [0.15, 0.2) is 65.8 Å². The summed E-state index contributed by atoms with van der Waals surface area (Å²) in [7, 11) is 3.50. The summed E-state index contributed by atoms with van der Waals surface area (Å²) in [6.45, 7) is 4.44. The van der Waals surface area contributed by atoms with Crippen LogP contribution in [0.25, 0.3) is 5.69 Å². The number of rotatable bonds is 6. The Morgan fingerprint density at radius 2 is 1.67 bits per heavy atom. The van der Waals surface area contributed by atoms with Crippen molar-refractivity contribution in [2.24, 2.45) is 4.99 Å². The van der Waals surface area contributed by atoms with Crippen LogP contribution >= 0.6 is 24.0 Å². The molecular weight excluding hydrogens is 534 g/mol.